The lowest BCUT2D eigenvalue weighted by Crippen LogP contribution is -2.40. The molecule has 2 amide bonds. The van der Waals surface area contributed by atoms with Crippen molar-refractivity contribution < 1.29 is 18.7 Å². The molecule has 0 bridgehead atoms. The number of halogens is 1. The van der Waals surface area contributed by atoms with Gasteiger partial charge in [0.25, 0.3) is 0 Å². The third kappa shape index (κ3) is 3.77. The first-order valence-electron chi connectivity index (χ1n) is 7.56. The van der Waals surface area contributed by atoms with Gasteiger partial charge in [-0.1, -0.05) is 12.1 Å². The summed E-state index contributed by atoms with van der Waals surface area (Å²) in [5.74, 6) is -0.356. The van der Waals surface area contributed by atoms with E-state index < -0.39 is 6.09 Å². The second-order valence-corrected chi connectivity index (χ2v) is 5.65. The van der Waals surface area contributed by atoms with Crippen LogP contribution < -0.4 is 16.2 Å². The maximum absolute atomic E-state index is 13.0. The molecular weight excluding hydrogens is 303 g/mol. The molecule has 124 valence electrons. The van der Waals surface area contributed by atoms with Crippen LogP contribution in [-0.2, 0) is 9.53 Å². The zero-order valence-corrected chi connectivity index (χ0v) is 12.5. The zero-order valence-electron chi connectivity index (χ0n) is 12.5. The highest BCUT2D eigenvalue weighted by Gasteiger charge is 2.29. The first kappa shape index (κ1) is 15.7. The van der Waals surface area contributed by atoms with Gasteiger partial charge in [-0.3, -0.25) is 15.1 Å². The van der Waals surface area contributed by atoms with E-state index in [9.17, 15) is 14.0 Å². The van der Waals surface area contributed by atoms with Gasteiger partial charge >= 0.3 is 6.09 Å². The fourth-order valence-corrected chi connectivity index (χ4v) is 2.79. The molecule has 2 heterocycles. The quantitative estimate of drug-likeness (QED) is 0.719. The van der Waals surface area contributed by atoms with E-state index in [1.165, 1.54) is 17.0 Å². The maximum atomic E-state index is 13.0. The summed E-state index contributed by atoms with van der Waals surface area (Å²) in [6.07, 6.45) is -0.450. The van der Waals surface area contributed by atoms with Crippen LogP contribution >= 0.6 is 0 Å². The van der Waals surface area contributed by atoms with Crippen LogP contribution in [0.3, 0.4) is 0 Å². The molecule has 0 spiro atoms. The van der Waals surface area contributed by atoms with E-state index >= 15 is 0 Å². The summed E-state index contributed by atoms with van der Waals surface area (Å²) in [5, 5.41) is 2.84. The summed E-state index contributed by atoms with van der Waals surface area (Å²) in [4.78, 5) is 24.6. The molecule has 2 aliphatic rings. The second-order valence-electron chi connectivity index (χ2n) is 5.65. The number of ether oxygens (including phenoxy) is 1. The Labute approximate surface area is 133 Å². The van der Waals surface area contributed by atoms with Crippen LogP contribution in [0.15, 0.2) is 24.3 Å². The van der Waals surface area contributed by atoms with Crippen molar-refractivity contribution in [3.8, 4) is 0 Å². The molecule has 2 unspecified atom stereocenters. The summed E-state index contributed by atoms with van der Waals surface area (Å²) in [6, 6.07) is 6.30. The summed E-state index contributed by atoms with van der Waals surface area (Å²) in [5.41, 5.74) is 7.16. The smallest absolute Gasteiger partial charge is 0.410 e. The van der Waals surface area contributed by atoms with E-state index in [0.717, 1.165) is 5.56 Å². The molecule has 0 aromatic heterocycles. The Morgan fingerprint density at radius 2 is 2.17 bits per heavy atom. The molecule has 3 rings (SSSR count). The molecule has 2 saturated heterocycles. The summed E-state index contributed by atoms with van der Waals surface area (Å²) in [7, 11) is 0. The number of benzene rings is 1. The molecule has 1 aromatic rings. The normalized spacial score (nSPS) is 23.9. The monoisotopic (exact) mass is 322 g/mol. The largest absolute Gasteiger partial charge is 0.448 e. The Morgan fingerprint density at radius 1 is 1.39 bits per heavy atom. The third-order valence-corrected chi connectivity index (χ3v) is 4.06. The van der Waals surface area contributed by atoms with Crippen molar-refractivity contribution in [1.82, 2.24) is 21.1 Å². The number of amides is 2. The molecule has 23 heavy (non-hydrogen) atoms. The van der Waals surface area contributed by atoms with Gasteiger partial charge in [-0.05, 0) is 17.7 Å². The Kier molecular flexibility index (Phi) is 4.73. The van der Waals surface area contributed by atoms with Crippen molar-refractivity contribution in [3.63, 3.8) is 0 Å². The van der Waals surface area contributed by atoms with Crippen LogP contribution in [0.1, 0.15) is 11.6 Å². The van der Waals surface area contributed by atoms with Crippen LogP contribution in [0.25, 0.3) is 0 Å². The number of rotatable bonds is 5. The van der Waals surface area contributed by atoms with Crippen molar-refractivity contribution in [3.05, 3.63) is 35.6 Å². The summed E-state index contributed by atoms with van der Waals surface area (Å²) >= 11 is 0. The number of cyclic esters (lactones) is 1. The van der Waals surface area contributed by atoms with E-state index in [4.69, 9.17) is 4.74 Å². The van der Waals surface area contributed by atoms with Crippen LogP contribution in [0.2, 0.25) is 0 Å². The minimum atomic E-state index is -0.450. The molecule has 0 aliphatic carbocycles. The molecule has 2 aliphatic heterocycles. The van der Waals surface area contributed by atoms with Crippen molar-refractivity contribution in [2.24, 2.45) is 5.92 Å². The van der Waals surface area contributed by atoms with Crippen LogP contribution in [0, 0.1) is 11.7 Å². The van der Waals surface area contributed by atoms with E-state index in [1.807, 2.05) is 0 Å². The van der Waals surface area contributed by atoms with Crippen molar-refractivity contribution in [2.75, 3.05) is 32.8 Å². The molecule has 0 radical (unpaired) electrons. The fourth-order valence-electron chi connectivity index (χ4n) is 2.79. The third-order valence-electron chi connectivity index (χ3n) is 4.06. The van der Waals surface area contributed by atoms with Crippen LogP contribution in [0.4, 0.5) is 9.18 Å². The van der Waals surface area contributed by atoms with Gasteiger partial charge in [0.2, 0.25) is 5.91 Å². The highest BCUT2D eigenvalue weighted by Crippen LogP contribution is 2.24. The zero-order chi connectivity index (χ0) is 16.2. The predicted molar refractivity (Wildman–Crippen MR) is 79.7 cm³/mol. The van der Waals surface area contributed by atoms with Gasteiger partial charge in [0.1, 0.15) is 19.0 Å². The minimum absolute atomic E-state index is 0.00680. The standard InChI is InChI=1S/C15H19FN4O3/c16-12-3-1-10(2-4-12)14-11(8-18-19-14)7-17-13(21)9-20-5-6-23-15(20)22/h1-4,11,14,18-19H,5-9H2,(H,17,21). The topological polar surface area (TPSA) is 82.7 Å². The van der Waals surface area contributed by atoms with Gasteiger partial charge in [-0.25, -0.2) is 14.6 Å². The number of nitrogens with one attached hydrogen (secondary N) is 3. The lowest BCUT2D eigenvalue weighted by Gasteiger charge is -2.20. The molecule has 8 heteroatoms. The molecule has 2 atom stereocenters. The lowest BCUT2D eigenvalue weighted by atomic mass is 9.95. The van der Waals surface area contributed by atoms with E-state index in [-0.39, 0.29) is 30.2 Å². The van der Waals surface area contributed by atoms with Crippen LogP contribution in [0.5, 0.6) is 0 Å². The molecule has 3 N–H and O–H groups in total. The van der Waals surface area contributed by atoms with Gasteiger partial charge in [-0.2, -0.15) is 0 Å². The minimum Gasteiger partial charge on any atom is -0.448 e. The Bertz CT molecular complexity index is 581. The van der Waals surface area contributed by atoms with Gasteiger partial charge in [0.05, 0.1) is 12.6 Å². The first-order chi connectivity index (χ1) is 11.1. The number of carbonyl (C=O) groups excluding carboxylic acids is 2. The number of hydrazine groups is 1. The van der Waals surface area contributed by atoms with E-state index in [2.05, 4.69) is 16.2 Å². The summed E-state index contributed by atoms with van der Waals surface area (Å²) < 4.78 is 17.8. The van der Waals surface area contributed by atoms with Crippen LogP contribution in [-0.4, -0.2) is 49.7 Å². The lowest BCUT2D eigenvalue weighted by molar-refractivity contribution is -0.121. The molecule has 7 nitrogen and oxygen atoms in total. The summed E-state index contributed by atoms with van der Waals surface area (Å²) in [6.45, 7) is 1.93. The highest BCUT2D eigenvalue weighted by atomic mass is 19.1. The van der Waals surface area contributed by atoms with Crippen molar-refractivity contribution >= 4 is 12.0 Å². The Balaban J connectivity index is 1.51. The van der Waals surface area contributed by atoms with Gasteiger partial charge in [0, 0.05) is 19.0 Å². The fraction of sp³-hybridized carbons (Fsp3) is 0.467. The number of hydrogen-bond acceptors (Lipinski definition) is 5. The maximum Gasteiger partial charge on any atom is 0.410 e. The molecule has 2 fully saturated rings. The average Bonchev–Trinajstić information content (AvgIpc) is 3.16. The van der Waals surface area contributed by atoms with Gasteiger partial charge in [0.15, 0.2) is 0 Å². The Morgan fingerprint density at radius 3 is 2.87 bits per heavy atom. The van der Waals surface area contributed by atoms with Crippen molar-refractivity contribution in [2.45, 2.75) is 6.04 Å². The van der Waals surface area contributed by atoms with E-state index in [1.54, 1.807) is 12.1 Å². The van der Waals surface area contributed by atoms with E-state index in [0.29, 0.717) is 26.2 Å². The first-order valence-corrected chi connectivity index (χ1v) is 7.56. The predicted octanol–water partition coefficient (Wildman–Crippen LogP) is 0.159. The van der Waals surface area contributed by atoms with Gasteiger partial charge in [-0.15, -0.1) is 0 Å². The number of hydrogen-bond donors (Lipinski definition) is 3. The van der Waals surface area contributed by atoms with Gasteiger partial charge < -0.3 is 10.1 Å². The van der Waals surface area contributed by atoms with Crippen molar-refractivity contribution in [1.29, 1.82) is 0 Å². The number of nitrogens with zero attached hydrogens (tertiary/aromatic N) is 1. The second kappa shape index (κ2) is 6.93. The SMILES string of the molecule is O=C(CN1CCOC1=O)NCC1CNNC1c1ccc(F)cc1. The molecule has 0 saturated carbocycles. The molecule has 1 aromatic carbocycles. The number of carbonyl (C=O) groups is 2. The highest BCUT2D eigenvalue weighted by molar-refractivity contribution is 5.82. The Hall–Kier alpha value is -2.19. The average molecular weight is 322 g/mol. The molecular formula is C15H19FN4O3.